The van der Waals surface area contributed by atoms with Crippen LogP contribution in [0.5, 0.6) is 0 Å². The molecule has 0 spiro atoms. The molecule has 0 fully saturated rings. The summed E-state index contributed by atoms with van der Waals surface area (Å²) in [4.78, 5) is 12.0. The van der Waals surface area contributed by atoms with Crippen molar-refractivity contribution in [3.8, 4) is 0 Å². The zero-order valence-corrected chi connectivity index (χ0v) is 25.6. The van der Waals surface area contributed by atoms with Crippen LogP contribution in [-0.4, -0.2) is 51.1 Å². The van der Waals surface area contributed by atoms with Crippen molar-refractivity contribution in [3.63, 3.8) is 0 Å². The zero-order valence-electron chi connectivity index (χ0n) is 25.6. The first-order valence-electron chi connectivity index (χ1n) is 14.5. The van der Waals surface area contributed by atoms with Crippen LogP contribution in [0.1, 0.15) is 121 Å². The molecular weight excluding hydrogens is 460 g/mol. The second kappa shape index (κ2) is 18.9. The lowest BCUT2D eigenvalue weighted by atomic mass is 9.85. The highest BCUT2D eigenvalue weighted by Gasteiger charge is 2.66. The van der Waals surface area contributed by atoms with Crippen LogP contribution in [0.25, 0.3) is 0 Å². The van der Waals surface area contributed by atoms with Crippen LogP contribution in [0, 0.1) is 17.3 Å². The van der Waals surface area contributed by atoms with Gasteiger partial charge in [-0.15, -0.1) is 0 Å². The Balaban J connectivity index is 6.57. The molecule has 2 atom stereocenters. The zero-order chi connectivity index (χ0) is 27.7. The van der Waals surface area contributed by atoms with Crippen molar-refractivity contribution in [2.45, 2.75) is 139 Å². The maximum Gasteiger partial charge on any atom is 0.325 e. The molecule has 0 N–H and O–H groups in total. The highest BCUT2D eigenvalue weighted by Crippen LogP contribution is 2.49. The third-order valence-electron chi connectivity index (χ3n) is 5.80. The lowest BCUT2D eigenvalue weighted by molar-refractivity contribution is -0.581. The standard InChI is InChI=1S/C29H60O7/c1-12-15-17-21-32-29(33-23-25(6)7,36-34-22-18-24(4)5)27(10,11)28(30-19-14-3,35-26(8)9)31-20-16-13-2/h24-26H,12-23H2,1-11H3. The maximum absolute atomic E-state index is 6.52. The molecule has 7 heteroatoms. The molecule has 0 aromatic heterocycles. The lowest BCUT2D eigenvalue weighted by Crippen LogP contribution is -2.66. The van der Waals surface area contributed by atoms with Crippen LogP contribution in [0.3, 0.4) is 0 Å². The average Bonchev–Trinajstić information content (AvgIpc) is 2.80. The minimum absolute atomic E-state index is 0.174. The van der Waals surface area contributed by atoms with E-state index in [0.717, 1.165) is 44.9 Å². The second-order valence-corrected chi connectivity index (χ2v) is 11.3. The topological polar surface area (TPSA) is 64.6 Å². The van der Waals surface area contributed by atoms with E-state index >= 15 is 0 Å². The maximum atomic E-state index is 6.52. The summed E-state index contributed by atoms with van der Waals surface area (Å²) in [6.07, 6.45) is 6.34. The normalized spacial score (nSPS) is 16.2. The first-order valence-corrected chi connectivity index (χ1v) is 14.5. The second-order valence-electron chi connectivity index (χ2n) is 11.3. The minimum atomic E-state index is -1.61. The fraction of sp³-hybridized carbons (Fsp3) is 1.00. The molecule has 0 aromatic carbocycles. The van der Waals surface area contributed by atoms with E-state index < -0.39 is 17.4 Å². The quantitative estimate of drug-likeness (QED) is 0.0555. The van der Waals surface area contributed by atoms with Crippen molar-refractivity contribution in [2.24, 2.45) is 17.3 Å². The monoisotopic (exact) mass is 520 g/mol. The first kappa shape index (κ1) is 35.7. The van der Waals surface area contributed by atoms with Gasteiger partial charge in [0.05, 0.1) is 39.1 Å². The smallest absolute Gasteiger partial charge is 0.325 e. The van der Waals surface area contributed by atoms with Crippen LogP contribution in [-0.2, 0) is 33.5 Å². The van der Waals surface area contributed by atoms with Crippen molar-refractivity contribution in [3.05, 3.63) is 0 Å². The van der Waals surface area contributed by atoms with Gasteiger partial charge >= 0.3 is 5.97 Å². The van der Waals surface area contributed by atoms with Gasteiger partial charge in [0.1, 0.15) is 5.41 Å². The Hall–Kier alpha value is -0.280. The lowest BCUT2D eigenvalue weighted by Gasteiger charge is -2.52. The highest BCUT2D eigenvalue weighted by atomic mass is 17.3. The van der Waals surface area contributed by atoms with E-state index in [1.165, 1.54) is 0 Å². The van der Waals surface area contributed by atoms with E-state index in [9.17, 15) is 0 Å². The minimum Gasteiger partial charge on any atom is -0.327 e. The summed E-state index contributed by atoms with van der Waals surface area (Å²) in [6.45, 7) is 24.9. The van der Waals surface area contributed by atoms with E-state index in [4.69, 9.17) is 33.5 Å². The molecule has 0 aromatic rings. The fourth-order valence-electron chi connectivity index (χ4n) is 3.50. The Labute approximate surface area is 223 Å². The molecular formula is C29H60O7. The fourth-order valence-corrected chi connectivity index (χ4v) is 3.50. The van der Waals surface area contributed by atoms with E-state index in [2.05, 4.69) is 48.5 Å². The van der Waals surface area contributed by atoms with Crippen LogP contribution in [0.15, 0.2) is 0 Å². The summed E-state index contributed by atoms with van der Waals surface area (Å²) >= 11 is 0. The molecule has 0 aliphatic carbocycles. The van der Waals surface area contributed by atoms with Crippen molar-refractivity contribution in [1.29, 1.82) is 0 Å². The predicted octanol–water partition coefficient (Wildman–Crippen LogP) is 7.86. The molecule has 0 amide bonds. The van der Waals surface area contributed by atoms with E-state index in [0.29, 0.717) is 39.0 Å². The Bertz CT molecular complexity index is 524. The Kier molecular flexibility index (Phi) is 18.7. The summed E-state index contributed by atoms with van der Waals surface area (Å²) in [5.41, 5.74) is -1.08. The van der Waals surface area contributed by atoms with Crippen LogP contribution >= 0.6 is 0 Å². The molecule has 218 valence electrons. The SMILES string of the molecule is CCCCCOC(OCC(C)C)(OOCCC(C)C)C(C)(C)C(OCCC)(OCCCC)OC(C)C. The van der Waals surface area contributed by atoms with Crippen LogP contribution in [0.4, 0.5) is 0 Å². The highest BCUT2D eigenvalue weighted by molar-refractivity contribution is 4.91. The number of ether oxygens (including phenoxy) is 5. The Morgan fingerprint density at radius 1 is 0.583 bits per heavy atom. The molecule has 0 radical (unpaired) electrons. The number of hydrogen-bond acceptors (Lipinski definition) is 7. The van der Waals surface area contributed by atoms with Crippen molar-refractivity contribution in [2.75, 3.05) is 33.0 Å². The van der Waals surface area contributed by atoms with Gasteiger partial charge in [0.25, 0.3) is 5.97 Å². The molecule has 0 bridgehead atoms. The van der Waals surface area contributed by atoms with Gasteiger partial charge in [-0.05, 0) is 65.2 Å². The molecule has 2 unspecified atom stereocenters. The predicted molar refractivity (Wildman–Crippen MR) is 145 cm³/mol. The van der Waals surface area contributed by atoms with Gasteiger partial charge in [-0.1, -0.05) is 67.7 Å². The molecule has 0 rings (SSSR count). The first-order chi connectivity index (χ1) is 16.9. The van der Waals surface area contributed by atoms with Gasteiger partial charge in [0.2, 0.25) is 0 Å². The number of rotatable bonds is 24. The van der Waals surface area contributed by atoms with Crippen LogP contribution < -0.4 is 0 Å². The Morgan fingerprint density at radius 3 is 1.69 bits per heavy atom. The number of hydrogen-bond donors (Lipinski definition) is 0. The number of unbranched alkanes of at least 4 members (excludes halogenated alkanes) is 3. The third-order valence-corrected chi connectivity index (χ3v) is 5.80. The molecule has 36 heavy (non-hydrogen) atoms. The summed E-state index contributed by atoms with van der Waals surface area (Å²) in [5, 5.41) is 0. The molecule has 0 heterocycles. The molecule has 0 saturated heterocycles. The van der Waals surface area contributed by atoms with Gasteiger partial charge in [-0.3, -0.25) is 0 Å². The van der Waals surface area contributed by atoms with Crippen LogP contribution in [0.2, 0.25) is 0 Å². The summed E-state index contributed by atoms with van der Waals surface area (Å²) in [6, 6.07) is 0. The van der Waals surface area contributed by atoms with Gasteiger partial charge in [-0.2, -0.15) is 4.89 Å². The summed E-state index contributed by atoms with van der Waals surface area (Å²) < 4.78 is 32.5. The molecule has 0 aliphatic heterocycles. The van der Waals surface area contributed by atoms with E-state index in [1.807, 2.05) is 27.7 Å². The van der Waals surface area contributed by atoms with Crippen molar-refractivity contribution >= 4 is 0 Å². The average molecular weight is 521 g/mol. The molecule has 0 aliphatic rings. The molecule has 0 saturated carbocycles. The van der Waals surface area contributed by atoms with Gasteiger partial charge in [-0.25, -0.2) is 4.89 Å². The van der Waals surface area contributed by atoms with Crippen molar-refractivity contribution in [1.82, 2.24) is 0 Å². The van der Waals surface area contributed by atoms with E-state index in [1.54, 1.807) is 0 Å². The van der Waals surface area contributed by atoms with Crippen molar-refractivity contribution < 1.29 is 33.5 Å². The largest absolute Gasteiger partial charge is 0.327 e. The van der Waals surface area contributed by atoms with Gasteiger partial charge in [0.15, 0.2) is 0 Å². The van der Waals surface area contributed by atoms with Gasteiger partial charge < -0.3 is 23.7 Å². The molecule has 7 nitrogen and oxygen atoms in total. The Morgan fingerprint density at radius 2 is 1.17 bits per heavy atom. The third kappa shape index (κ3) is 12.1. The summed E-state index contributed by atoms with van der Waals surface area (Å²) in [5.74, 6) is -2.37. The van der Waals surface area contributed by atoms with Gasteiger partial charge in [0, 0.05) is 0 Å². The van der Waals surface area contributed by atoms with E-state index in [-0.39, 0.29) is 12.0 Å². The summed E-state index contributed by atoms with van der Waals surface area (Å²) in [7, 11) is 0.